The van der Waals surface area contributed by atoms with Crippen molar-refractivity contribution in [2.75, 3.05) is 7.11 Å². The molecule has 0 spiro atoms. The van der Waals surface area contributed by atoms with Crippen LogP contribution in [0.3, 0.4) is 0 Å². The minimum atomic E-state index is -0.168. The number of ketones is 1. The van der Waals surface area contributed by atoms with E-state index in [2.05, 4.69) is 0 Å². The molecule has 3 aromatic rings. The summed E-state index contributed by atoms with van der Waals surface area (Å²) in [5.74, 6) is 0.702. The van der Waals surface area contributed by atoms with Crippen molar-refractivity contribution >= 4 is 16.6 Å². The Morgan fingerprint density at radius 3 is 2.63 bits per heavy atom. The highest BCUT2D eigenvalue weighted by Gasteiger charge is 2.19. The van der Waals surface area contributed by atoms with Gasteiger partial charge in [0, 0.05) is 0 Å². The number of carbonyl (C=O) groups is 1. The maximum atomic E-state index is 12.5. The van der Waals surface area contributed by atoms with Gasteiger partial charge in [-0.25, -0.2) is 0 Å². The van der Waals surface area contributed by atoms with Gasteiger partial charge in [-0.05, 0) is 29.0 Å². The molecule has 0 aliphatic heterocycles. The van der Waals surface area contributed by atoms with Crippen LogP contribution in [-0.2, 0) is 0 Å². The Kier molecular flexibility index (Phi) is 2.80. The van der Waals surface area contributed by atoms with Crippen LogP contribution < -0.4 is 4.74 Å². The predicted octanol–water partition coefficient (Wildman–Crippen LogP) is 3.67. The molecule has 0 radical (unpaired) electrons. The molecule has 1 heterocycles. The average Bonchev–Trinajstić information content (AvgIpc) is 2.99. The van der Waals surface area contributed by atoms with Gasteiger partial charge in [-0.2, -0.15) is 0 Å². The monoisotopic (exact) mass is 252 g/mol. The summed E-state index contributed by atoms with van der Waals surface area (Å²) in [6.45, 7) is 0. The van der Waals surface area contributed by atoms with Gasteiger partial charge in [0.2, 0.25) is 5.78 Å². The van der Waals surface area contributed by atoms with Crippen LogP contribution in [0.15, 0.2) is 59.2 Å². The molecule has 3 nitrogen and oxygen atoms in total. The summed E-state index contributed by atoms with van der Waals surface area (Å²) in [5.41, 5.74) is 0.538. The topological polar surface area (TPSA) is 39.4 Å². The van der Waals surface area contributed by atoms with Crippen molar-refractivity contribution in [3.05, 3.63) is 66.1 Å². The van der Waals surface area contributed by atoms with Gasteiger partial charge >= 0.3 is 0 Å². The first-order chi connectivity index (χ1) is 9.31. The first-order valence-corrected chi connectivity index (χ1v) is 5.95. The summed E-state index contributed by atoms with van der Waals surface area (Å²) in [7, 11) is 1.56. The molecule has 2 aromatic carbocycles. The smallest absolute Gasteiger partial charge is 0.232 e. The number of benzene rings is 2. The van der Waals surface area contributed by atoms with E-state index in [1.165, 1.54) is 6.26 Å². The number of hydrogen-bond donors (Lipinski definition) is 0. The fourth-order valence-electron chi connectivity index (χ4n) is 2.19. The van der Waals surface area contributed by atoms with E-state index in [-0.39, 0.29) is 5.78 Å². The number of fused-ring (bicyclic) bond motifs is 1. The molecule has 0 saturated heterocycles. The zero-order valence-electron chi connectivity index (χ0n) is 10.4. The molecule has 0 aliphatic carbocycles. The van der Waals surface area contributed by atoms with Crippen LogP contribution in [0.5, 0.6) is 5.75 Å². The van der Waals surface area contributed by atoms with Gasteiger partial charge in [0.1, 0.15) is 5.75 Å². The van der Waals surface area contributed by atoms with Crippen LogP contribution in [0, 0.1) is 0 Å². The second-order valence-electron chi connectivity index (χ2n) is 4.17. The zero-order valence-corrected chi connectivity index (χ0v) is 10.4. The SMILES string of the molecule is COc1ccc2ccccc2c1C(=O)c1ccco1. The lowest BCUT2D eigenvalue weighted by Gasteiger charge is -2.10. The van der Waals surface area contributed by atoms with Crippen molar-refractivity contribution in [3.8, 4) is 5.75 Å². The number of carbonyl (C=O) groups excluding carboxylic acids is 1. The third-order valence-corrected chi connectivity index (χ3v) is 3.08. The largest absolute Gasteiger partial charge is 0.496 e. The van der Waals surface area contributed by atoms with Crippen molar-refractivity contribution in [3.63, 3.8) is 0 Å². The molecule has 0 unspecified atom stereocenters. The first-order valence-electron chi connectivity index (χ1n) is 5.95. The van der Waals surface area contributed by atoms with E-state index in [9.17, 15) is 4.79 Å². The molecule has 0 aliphatic rings. The van der Waals surface area contributed by atoms with Crippen molar-refractivity contribution in [2.45, 2.75) is 0 Å². The van der Waals surface area contributed by atoms with Crippen molar-refractivity contribution in [2.24, 2.45) is 0 Å². The molecule has 0 bridgehead atoms. The molecule has 19 heavy (non-hydrogen) atoms. The van der Waals surface area contributed by atoms with E-state index in [0.29, 0.717) is 17.1 Å². The lowest BCUT2D eigenvalue weighted by Crippen LogP contribution is -2.03. The van der Waals surface area contributed by atoms with Gasteiger partial charge in [0.25, 0.3) is 0 Å². The molecular weight excluding hydrogens is 240 g/mol. The van der Waals surface area contributed by atoms with Crippen LogP contribution in [0.25, 0.3) is 10.8 Å². The third-order valence-electron chi connectivity index (χ3n) is 3.08. The van der Waals surface area contributed by atoms with Crippen molar-refractivity contribution in [1.29, 1.82) is 0 Å². The van der Waals surface area contributed by atoms with Crippen molar-refractivity contribution in [1.82, 2.24) is 0 Å². The molecule has 1 aromatic heterocycles. The lowest BCUT2D eigenvalue weighted by atomic mass is 9.99. The Balaban J connectivity index is 2.28. The van der Waals surface area contributed by atoms with Crippen LogP contribution in [0.2, 0.25) is 0 Å². The van der Waals surface area contributed by atoms with E-state index in [4.69, 9.17) is 9.15 Å². The Morgan fingerprint density at radius 1 is 1.05 bits per heavy atom. The molecule has 0 saturated carbocycles. The fourth-order valence-corrected chi connectivity index (χ4v) is 2.19. The van der Waals surface area contributed by atoms with E-state index in [0.717, 1.165) is 10.8 Å². The standard InChI is InChI=1S/C16H12O3/c1-18-13-9-8-11-5-2-3-6-12(11)15(13)16(17)14-7-4-10-19-14/h2-10H,1H3. The Hall–Kier alpha value is -2.55. The summed E-state index contributed by atoms with van der Waals surface area (Å²) in [6.07, 6.45) is 1.49. The molecule has 0 N–H and O–H groups in total. The minimum Gasteiger partial charge on any atom is -0.496 e. The highest BCUT2D eigenvalue weighted by Crippen LogP contribution is 2.30. The Labute approximate surface area is 110 Å². The molecular formula is C16H12O3. The van der Waals surface area contributed by atoms with E-state index in [1.807, 2.05) is 30.3 Å². The Bertz CT molecular complexity index is 727. The quantitative estimate of drug-likeness (QED) is 0.667. The summed E-state index contributed by atoms with van der Waals surface area (Å²) < 4.78 is 10.5. The Morgan fingerprint density at radius 2 is 1.89 bits per heavy atom. The fraction of sp³-hybridized carbons (Fsp3) is 0.0625. The first kappa shape index (κ1) is 11.5. The second kappa shape index (κ2) is 4.61. The van der Waals surface area contributed by atoms with Crippen LogP contribution in [-0.4, -0.2) is 12.9 Å². The van der Waals surface area contributed by atoms with E-state index in [1.54, 1.807) is 25.3 Å². The number of methoxy groups -OCH3 is 1. The van der Waals surface area contributed by atoms with Gasteiger partial charge in [0.05, 0.1) is 18.9 Å². The maximum Gasteiger partial charge on any atom is 0.232 e. The summed E-state index contributed by atoms with van der Waals surface area (Å²) in [4.78, 5) is 12.5. The van der Waals surface area contributed by atoms with Crippen LogP contribution in [0.4, 0.5) is 0 Å². The molecule has 3 rings (SSSR count). The summed E-state index contributed by atoms with van der Waals surface area (Å²) in [6, 6.07) is 14.8. The van der Waals surface area contributed by atoms with Gasteiger partial charge in [-0.3, -0.25) is 4.79 Å². The normalized spacial score (nSPS) is 10.6. The van der Waals surface area contributed by atoms with Gasteiger partial charge in [-0.15, -0.1) is 0 Å². The number of hydrogen-bond acceptors (Lipinski definition) is 3. The third kappa shape index (κ3) is 1.89. The zero-order chi connectivity index (χ0) is 13.2. The molecule has 0 amide bonds. The summed E-state index contributed by atoms with van der Waals surface area (Å²) >= 11 is 0. The van der Waals surface area contributed by atoms with Crippen LogP contribution >= 0.6 is 0 Å². The minimum absolute atomic E-state index is 0.168. The lowest BCUT2D eigenvalue weighted by molar-refractivity contribution is 0.101. The second-order valence-corrected chi connectivity index (χ2v) is 4.17. The van der Waals surface area contributed by atoms with Crippen molar-refractivity contribution < 1.29 is 13.9 Å². The highest BCUT2D eigenvalue weighted by molar-refractivity contribution is 6.17. The van der Waals surface area contributed by atoms with Crippen LogP contribution in [0.1, 0.15) is 16.1 Å². The predicted molar refractivity (Wildman–Crippen MR) is 72.6 cm³/mol. The molecule has 3 heteroatoms. The number of ether oxygens (including phenoxy) is 1. The number of rotatable bonds is 3. The molecule has 0 fully saturated rings. The molecule has 94 valence electrons. The highest BCUT2D eigenvalue weighted by atomic mass is 16.5. The van der Waals surface area contributed by atoms with E-state index < -0.39 is 0 Å². The van der Waals surface area contributed by atoms with Gasteiger partial charge < -0.3 is 9.15 Å². The molecule has 0 atom stereocenters. The van der Waals surface area contributed by atoms with E-state index >= 15 is 0 Å². The van der Waals surface area contributed by atoms with Gasteiger partial charge in [0.15, 0.2) is 5.76 Å². The van der Waals surface area contributed by atoms with Gasteiger partial charge in [-0.1, -0.05) is 30.3 Å². The number of furan rings is 1. The maximum absolute atomic E-state index is 12.5. The summed E-state index contributed by atoms with van der Waals surface area (Å²) in [5, 5.41) is 1.86. The average molecular weight is 252 g/mol.